The highest BCUT2D eigenvalue weighted by molar-refractivity contribution is 5.89. The van der Waals surface area contributed by atoms with Crippen LogP contribution in [0.4, 0.5) is 4.39 Å². The van der Waals surface area contributed by atoms with Gasteiger partial charge in [-0.1, -0.05) is 66.7 Å². The van der Waals surface area contributed by atoms with Gasteiger partial charge in [-0.25, -0.2) is 9.18 Å². The topological polar surface area (TPSA) is 66.4 Å². The molecule has 168 valence electrons. The Kier molecular flexibility index (Phi) is 6.98. The van der Waals surface area contributed by atoms with Gasteiger partial charge in [-0.15, -0.1) is 0 Å². The lowest BCUT2D eigenvalue weighted by Gasteiger charge is -2.26. The van der Waals surface area contributed by atoms with E-state index in [1.54, 1.807) is 12.1 Å². The first-order valence-corrected chi connectivity index (χ1v) is 11.1. The lowest BCUT2D eigenvalue weighted by atomic mass is 9.82. The van der Waals surface area contributed by atoms with Crippen molar-refractivity contribution in [2.24, 2.45) is 0 Å². The molecule has 0 aliphatic heterocycles. The fourth-order valence-electron chi connectivity index (χ4n) is 4.30. The number of carboxylic acid groups (broad SMARTS) is 1. The molecule has 0 radical (unpaired) electrons. The van der Waals surface area contributed by atoms with Crippen molar-refractivity contribution in [1.82, 2.24) is 5.32 Å². The van der Waals surface area contributed by atoms with Crippen LogP contribution in [-0.2, 0) is 16.0 Å². The normalized spacial score (nSPS) is 15.8. The number of carbonyl (C=O) groups is 2. The van der Waals surface area contributed by atoms with Crippen LogP contribution in [0.2, 0.25) is 0 Å². The second-order valence-electron chi connectivity index (χ2n) is 8.36. The molecule has 4 rings (SSSR count). The van der Waals surface area contributed by atoms with Crippen LogP contribution >= 0.6 is 0 Å². The third-order valence-electron chi connectivity index (χ3n) is 6.15. The van der Waals surface area contributed by atoms with E-state index in [4.69, 9.17) is 0 Å². The highest BCUT2D eigenvalue weighted by atomic mass is 19.1. The molecule has 1 atom stereocenters. The number of halogens is 1. The average molecular weight is 444 g/mol. The summed E-state index contributed by atoms with van der Waals surface area (Å²) in [7, 11) is 0. The highest BCUT2D eigenvalue weighted by Gasteiger charge is 2.27. The minimum absolute atomic E-state index is 0.000446. The van der Waals surface area contributed by atoms with Gasteiger partial charge in [0, 0.05) is 12.1 Å². The van der Waals surface area contributed by atoms with Crippen molar-refractivity contribution in [3.05, 3.63) is 107 Å². The van der Waals surface area contributed by atoms with Crippen molar-refractivity contribution in [3.63, 3.8) is 0 Å². The Morgan fingerprint density at radius 1 is 0.909 bits per heavy atom. The molecule has 5 heteroatoms. The molecule has 0 spiro atoms. The Bertz CT molecular complexity index is 1150. The van der Waals surface area contributed by atoms with E-state index in [9.17, 15) is 19.1 Å². The Labute approximate surface area is 192 Å². The van der Waals surface area contributed by atoms with Crippen molar-refractivity contribution in [2.75, 3.05) is 0 Å². The van der Waals surface area contributed by atoms with Gasteiger partial charge in [0.25, 0.3) is 0 Å². The first-order chi connectivity index (χ1) is 16.0. The number of aliphatic carboxylic acids is 1. The zero-order valence-electron chi connectivity index (χ0n) is 18.3. The van der Waals surface area contributed by atoms with E-state index >= 15 is 0 Å². The molecule has 2 N–H and O–H groups in total. The molecule has 1 amide bonds. The van der Waals surface area contributed by atoms with E-state index < -0.39 is 5.97 Å². The lowest BCUT2D eigenvalue weighted by Crippen LogP contribution is -2.29. The fraction of sp³-hybridized carbons (Fsp3) is 0.214. The van der Waals surface area contributed by atoms with Crippen LogP contribution in [0.25, 0.3) is 11.1 Å². The summed E-state index contributed by atoms with van der Waals surface area (Å²) in [4.78, 5) is 24.4. The summed E-state index contributed by atoms with van der Waals surface area (Å²) in [5.41, 5.74) is 4.96. The summed E-state index contributed by atoms with van der Waals surface area (Å²) in [6.45, 7) is 0. The van der Waals surface area contributed by atoms with Crippen LogP contribution in [0.1, 0.15) is 42.7 Å². The Morgan fingerprint density at radius 2 is 1.58 bits per heavy atom. The Balaban J connectivity index is 1.36. The maximum atomic E-state index is 13.2. The number of carbonyl (C=O) groups excluding carboxylic acids is 1. The molecule has 3 aromatic rings. The lowest BCUT2D eigenvalue weighted by molar-refractivity contribution is -0.133. The van der Waals surface area contributed by atoms with E-state index in [0.717, 1.165) is 22.3 Å². The Morgan fingerprint density at radius 3 is 2.24 bits per heavy atom. The predicted octanol–water partition coefficient (Wildman–Crippen LogP) is 5.85. The van der Waals surface area contributed by atoms with E-state index in [1.165, 1.54) is 12.1 Å². The van der Waals surface area contributed by atoms with Crippen molar-refractivity contribution in [2.45, 2.75) is 38.0 Å². The summed E-state index contributed by atoms with van der Waals surface area (Å²) in [6, 6.07) is 24.4. The van der Waals surface area contributed by atoms with Crippen molar-refractivity contribution in [3.8, 4) is 11.1 Å². The quantitative estimate of drug-likeness (QED) is 0.482. The van der Waals surface area contributed by atoms with Gasteiger partial charge < -0.3 is 10.4 Å². The fourth-order valence-corrected chi connectivity index (χ4v) is 4.30. The molecular formula is C28H26FNO3. The summed E-state index contributed by atoms with van der Waals surface area (Å²) in [6.07, 6.45) is 2.36. The molecule has 0 saturated carbocycles. The van der Waals surface area contributed by atoms with Gasteiger partial charge in [0.05, 0.1) is 5.57 Å². The molecule has 4 nitrogen and oxygen atoms in total. The number of nitrogens with one attached hydrogen (secondary N) is 1. The van der Waals surface area contributed by atoms with Gasteiger partial charge in [-0.05, 0) is 66.0 Å². The number of rotatable bonds is 7. The van der Waals surface area contributed by atoms with Gasteiger partial charge >= 0.3 is 5.97 Å². The third kappa shape index (κ3) is 5.75. The molecule has 1 aliphatic rings. The van der Waals surface area contributed by atoms with Crippen molar-refractivity contribution >= 4 is 11.9 Å². The number of carboxylic acids is 1. The third-order valence-corrected chi connectivity index (χ3v) is 6.15. The maximum absolute atomic E-state index is 13.2. The van der Waals surface area contributed by atoms with Crippen molar-refractivity contribution < 1.29 is 19.1 Å². The minimum atomic E-state index is -1.02. The molecule has 1 aliphatic carbocycles. The van der Waals surface area contributed by atoms with Gasteiger partial charge in [-0.3, -0.25) is 4.79 Å². The number of hydrogen-bond acceptors (Lipinski definition) is 2. The van der Waals surface area contributed by atoms with Crippen LogP contribution in [0.3, 0.4) is 0 Å². The number of amides is 1. The molecule has 0 fully saturated rings. The van der Waals surface area contributed by atoms with E-state index in [0.29, 0.717) is 31.4 Å². The Hall–Kier alpha value is -3.73. The average Bonchev–Trinajstić information content (AvgIpc) is 2.84. The van der Waals surface area contributed by atoms with Crippen LogP contribution in [0.5, 0.6) is 0 Å². The number of hydrogen-bond donors (Lipinski definition) is 2. The molecule has 33 heavy (non-hydrogen) atoms. The van der Waals surface area contributed by atoms with Crippen LogP contribution in [0, 0.1) is 5.82 Å². The summed E-state index contributed by atoms with van der Waals surface area (Å²) >= 11 is 0. The van der Waals surface area contributed by atoms with E-state index in [1.807, 2.05) is 42.5 Å². The summed E-state index contributed by atoms with van der Waals surface area (Å²) in [5.74, 6) is -1.52. The standard InChI is InChI=1S/C28H26FNO3/c29-24-14-11-22(12-15-24)23-13-16-26(25(18-23)28(32)33)30-27(31)17-8-19-6-9-21(10-7-19)20-4-2-1-3-5-20/h1-7,9-12,14-15,23H,8,13,16-18H2,(H,30,31)(H,32,33). The molecular weight excluding hydrogens is 417 g/mol. The molecule has 1 unspecified atom stereocenters. The highest BCUT2D eigenvalue weighted by Crippen LogP contribution is 2.35. The molecule has 3 aromatic carbocycles. The SMILES string of the molecule is O=C(CCc1ccc(-c2ccccc2)cc1)NC1=C(C(=O)O)CC(c2ccc(F)cc2)CC1. The van der Waals surface area contributed by atoms with Crippen LogP contribution < -0.4 is 5.32 Å². The maximum Gasteiger partial charge on any atom is 0.333 e. The zero-order chi connectivity index (χ0) is 23.2. The van der Waals surface area contributed by atoms with Gasteiger partial charge in [-0.2, -0.15) is 0 Å². The van der Waals surface area contributed by atoms with Crippen LogP contribution in [0.15, 0.2) is 90.1 Å². The predicted molar refractivity (Wildman–Crippen MR) is 126 cm³/mol. The first-order valence-electron chi connectivity index (χ1n) is 11.1. The van der Waals surface area contributed by atoms with Gasteiger partial charge in [0.1, 0.15) is 5.82 Å². The second-order valence-corrected chi connectivity index (χ2v) is 8.36. The smallest absolute Gasteiger partial charge is 0.333 e. The number of aryl methyl sites for hydroxylation is 1. The van der Waals surface area contributed by atoms with Gasteiger partial charge in [0.2, 0.25) is 5.91 Å². The zero-order valence-corrected chi connectivity index (χ0v) is 18.3. The van der Waals surface area contributed by atoms with Crippen molar-refractivity contribution in [1.29, 1.82) is 0 Å². The summed E-state index contributed by atoms with van der Waals surface area (Å²) < 4.78 is 13.2. The number of benzene rings is 3. The molecule has 0 aromatic heterocycles. The monoisotopic (exact) mass is 443 g/mol. The van der Waals surface area contributed by atoms with E-state index in [-0.39, 0.29) is 29.6 Å². The summed E-state index contributed by atoms with van der Waals surface area (Å²) in [5, 5.41) is 12.5. The first kappa shape index (κ1) is 22.5. The molecule has 0 saturated heterocycles. The molecule has 0 bridgehead atoms. The van der Waals surface area contributed by atoms with Gasteiger partial charge in [0.15, 0.2) is 0 Å². The minimum Gasteiger partial charge on any atom is -0.478 e. The van der Waals surface area contributed by atoms with Crippen LogP contribution in [-0.4, -0.2) is 17.0 Å². The number of allylic oxidation sites excluding steroid dienone is 1. The molecule has 0 heterocycles. The van der Waals surface area contributed by atoms with E-state index in [2.05, 4.69) is 17.4 Å². The second kappa shape index (κ2) is 10.3. The largest absolute Gasteiger partial charge is 0.478 e.